The van der Waals surface area contributed by atoms with E-state index in [9.17, 15) is 9.18 Å². The van der Waals surface area contributed by atoms with Crippen LogP contribution >= 0.6 is 0 Å². The van der Waals surface area contributed by atoms with Gasteiger partial charge in [-0.2, -0.15) is 0 Å². The Morgan fingerprint density at radius 3 is 2.64 bits per heavy atom. The second-order valence-electron chi connectivity index (χ2n) is 6.80. The molecule has 1 fully saturated rings. The molecule has 0 atom stereocenters. The van der Waals surface area contributed by atoms with Gasteiger partial charge in [-0.1, -0.05) is 0 Å². The van der Waals surface area contributed by atoms with Crippen LogP contribution in [0.5, 0.6) is 0 Å². The number of hydrogen-bond acceptors (Lipinski definition) is 5. The number of nitrogens with one attached hydrogen (secondary N) is 3. The van der Waals surface area contributed by atoms with Crippen LogP contribution in [0.25, 0.3) is 5.57 Å². The van der Waals surface area contributed by atoms with Crippen molar-refractivity contribution in [2.45, 2.75) is 0 Å². The van der Waals surface area contributed by atoms with E-state index in [1.807, 2.05) is 24.3 Å². The number of morpholine rings is 1. The van der Waals surface area contributed by atoms with Gasteiger partial charge in [0.2, 0.25) is 0 Å². The Hall–Kier alpha value is -2.90. The highest BCUT2D eigenvalue weighted by Crippen LogP contribution is 2.32. The average molecular weight is 382 g/mol. The summed E-state index contributed by atoms with van der Waals surface area (Å²) < 4.78 is 18.7. The molecule has 2 aliphatic heterocycles. The first-order valence-corrected chi connectivity index (χ1v) is 9.41. The lowest BCUT2D eigenvalue weighted by molar-refractivity contribution is -0.110. The molecule has 28 heavy (non-hydrogen) atoms. The summed E-state index contributed by atoms with van der Waals surface area (Å²) in [6.07, 6.45) is 1.65. The first kappa shape index (κ1) is 18.5. The average Bonchev–Trinajstić information content (AvgIpc) is 3.02. The van der Waals surface area contributed by atoms with Gasteiger partial charge in [0.25, 0.3) is 5.91 Å². The van der Waals surface area contributed by atoms with Crippen LogP contribution in [0.2, 0.25) is 0 Å². The van der Waals surface area contributed by atoms with Crippen LogP contribution in [0.4, 0.5) is 21.5 Å². The van der Waals surface area contributed by atoms with Crippen LogP contribution in [0, 0.1) is 5.82 Å². The molecule has 0 bridgehead atoms. The number of amides is 1. The molecule has 0 aliphatic carbocycles. The minimum atomic E-state index is -0.370. The number of ether oxygens (including phenoxy) is 1. The van der Waals surface area contributed by atoms with Gasteiger partial charge in [0.15, 0.2) is 0 Å². The molecule has 1 amide bonds. The van der Waals surface area contributed by atoms with E-state index < -0.39 is 0 Å². The van der Waals surface area contributed by atoms with Gasteiger partial charge in [-0.15, -0.1) is 0 Å². The minimum Gasteiger partial charge on any atom is -0.384 e. The van der Waals surface area contributed by atoms with E-state index in [4.69, 9.17) is 4.74 Å². The summed E-state index contributed by atoms with van der Waals surface area (Å²) in [5, 5.41) is 9.23. The normalized spacial score (nSPS) is 18.0. The van der Waals surface area contributed by atoms with Gasteiger partial charge in [0, 0.05) is 49.3 Å². The van der Waals surface area contributed by atoms with E-state index in [2.05, 4.69) is 20.9 Å². The molecule has 3 N–H and O–H groups in total. The Kier molecular flexibility index (Phi) is 5.55. The number of benzene rings is 2. The van der Waals surface area contributed by atoms with Crippen molar-refractivity contribution in [1.82, 2.24) is 4.90 Å². The molecular formula is C21H23FN4O2. The molecule has 1 saturated heterocycles. The van der Waals surface area contributed by atoms with Crippen LogP contribution in [0.1, 0.15) is 5.56 Å². The Labute approximate surface area is 163 Å². The van der Waals surface area contributed by atoms with Crippen LogP contribution in [-0.2, 0) is 9.53 Å². The van der Waals surface area contributed by atoms with Gasteiger partial charge in [-0.05, 0) is 42.5 Å². The van der Waals surface area contributed by atoms with Crippen molar-refractivity contribution in [3.63, 3.8) is 0 Å². The monoisotopic (exact) mass is 382 g/mol. The topological polar surface area (TPSA) is 65.6 Å². The Bertz CT molecular complexity index is 876. The molecule has 2 aromatic carbocycles. The second-order valence-corrected chi connectivity index (χ2v) is 6.80. The van der Waals surface area contributed by atoms with Crippen molar-refractivity contribution in [3.05, 3.63) is 60.0 Å². The maximum absolute atomic E-state index is 13.3. The van der Waals surface area contributed by atoms with Gasteiger partial charge >= 0.3 is 0 Å². The van der Waals surface area contributed by atoms with Gasteiger partial charge in [0.05, 0.1) is 24.5 Å². The molecule has 2 heterocycles. The van der Waals surface area contributed by atoms with E-state index in [0.29, 0.717) is 16.8 Å². The number of rotatable bonds is 6. The van der Waals surface area contributed by atoms with Gasteiger partial charge in [-0.25, -0.2) is 4.39 Å². The fourth-order valence-electron chi connectivity index (χ4n) is 3.33. The van der Waals surface area contributed by atoms with E-state index in [1.165, 1.54) is 12.1 Å². The second kappa shape index (κ2) is 8.41. The lowest BCUT2D eigenvalue weighted by Crippen LogP contribution is -2.38. The molecule has 6 nitrogen and oxygen atoms in total. The third-order valence-electron chi connectivity index (χ3n) is 4.89. The number of anilines is 3. The number of carbonyl (C=O) groups is 1. The van der Waals surface area contributed by atoms with Crippen molar-refractivity contribution in [2.75, 3.05) is 55.3 Å². The Morgan fingerprint density at radius 2 is 1.86 bits per heavy atom. The third-order valence-corrected chi connectivity index (χ3v) is 4.89. The van der Waals surface area contributed by atoms with Crippen LogP contribution in [-0.4, -0.2) is 50.2 Å². The quantitative estimate of drug-likeness (QED) is 0.671. The third kappa shape index (κ3) is 4.32. The Morgan fingerprint density at radius 1 is 1.11 bits per heavy atom. The van der Waals surface area contributed by atoms with Gasteiger partial charge in [-0.3, -0.25) is 9.69 Å². The van der Waals surface area contributed by atoms with Gasteiger partial charge < -0.3 is 20.7 Å². The lowest BCUT2D eigenvalue weighted by atomic mass is 10.1. The summed E-state index contributed by atoms with van der Waals surface area (Å²) in [6, 6.07) is 12.2. The van der Waals surface area contributed by atoms with E-state index in [1.54, 1.807) is 12.3 Å². The van der Waals surface area contributed by atoms with Crippen molar-refractivity contribution in [2.24, 2.45) is 0 Å². The zero-order chi connectivity index (χ0) is 19.3. The van der Waals surface area contributed by atoms with E-state index >= 15 is 0 Å². The fourth-order valence-corrected chi connectivity index (χ4v) is 3.33. The molecule has 2 aliphatic rings. The number of carbonyl (C=O) groups excluding carboxylic acids is 1. The molecule has 146 valence electrons. The smallest absolute Gasteiger partial charge is 0.257 e. The predicted octanol–water partition coefficient (Wildman–Crippen LogP) is 2.97. The summed E-state index contributed by atoms with van der Waals surface area (Å²) in [6.45, 7) is 5.47. The Balaban J connectivity index is 1.32. The molecule has 7 heteroatoms. The maximum Gasteiger partial charge on any atom is 0.257 e. The molecule has 0 aromatic heterocycles. The molecule has 0 saturated carbocycles. The zero-order valence-corrected chi connectivity index (χ0v) is 15.5. The van der Waals surface area contributed by atoms with E-state index in [0.717, 1.165) is 50.8 Å². The first-order valence-electron chi connectivity index (χ1n) is 9.41. The summed E-state index contributed by atoms with van der Waals surface area (Å²) in [4.78, 5) is 14.5. The molecular weight excluding hydrogens is 359 g/mol. The fraction of sp³-hybridized carbons (Fsp3) is 0.286. The highest BCUT2D eigenvalue weighted by atomic mass is 19.1. The zero-order valence-electron chi connectivity index (χ0n) is 15.5. The van der Waals surface area contributed by atoms with Crippen molar-refractivity contribution in [3.8, 4) is 0 Å². The number of nitrogens with zero attached hydrogens (tertiary/aromatic N) is 1. The van der Waals surface area contributed by atoms with Crippen molar-refractivity contribution in [1.29, 1.82) is 0 Å². The van der Waals surface area contributed by atoms with Crippen molar-refractivity contribution >= 4 is 28.5 Å². The molecule has 0 spiro atoms. The predicted molar refractivity (Wildman–Crippen MR) is 109 cm³/mol. The van der Waals surface area contributed by atoms with Crippen LogP contribution in [0.15, 0.2) is 48.7 Å². The SMILES string of the molecule is O=C1Nc2cc(F)ccc2C1=CNc1ccc(NCCN2CCOCC2)cc1. The summed E-state index contributed by atoms with van der Waals surface area (Å²) in [5.74, 6) is -0.612. The minimum absolute atomic E-state index is 0.241. The van der Waals surface area contributed by atoms with Crippen molar-refractivity contribution < 1.29 is 13.9 Å². The maximum atomic E-state index is 13.3. The first-order chi connectivity index (χ1) is 13.7. The summed E-state index contributed by atoms with van der Waals surface area (Å²) in [7, 11) is 0. The van der Waals surface area contributed by atoms with Crippen LogP contribution in [0.3, 0.4) is 0 Å². The number of halogens is 1. The largest absolute Gasteiger partial charge is 0.384 e. The highest BCUT2D eigenvalue weighted by Gasteiger charge is 2.24. The van der Waals surface area contributed by atoms with Crippen LogP contribution < -0.4 is 16.0 Å². The molecule has 4 rings (SSSR count). The molecule has 0 radical (unpaired) electrons. The van der Waals surface area contributed by atoms with E-state index in [-0.39, 0.29) is 11.7 Å². The molecule has 0 unspecified atom stereocenters. The molecule has 2 aromatic rings. The number of hydrogen-bond donors (Lipinski definition) is 3. The lowest BCUT2D eigenvalue weighted by Gasteiger charge is -2.26. The standard InChI is InChI=1S/C21H23FN4O2/c22-15-1-6-18-19(21(27)25-20(18)13-15)14-24-17-4-2-16(3-5-17)23-7-8-26-9-11-28-12-10-26/h1-6,13-14,23-24H,7-12H2,(H,25,27). The highest BCUT2D eigenvalue weighted by molar-refractivity contribution is 6.31. The summed E-state index contributed by atoms with van der Waals surface area (Å²) in [5.41, 5.74) is 3.60. The van der Waals surface area contributed by atoms with Gasteiger partial charge in [0.1, 0.15) is 5.82 Å². The number of fused-ring (bicyclic) bond motifs is 1. The summed E-state index contributed by atoms with van der Waals surface area (Å²) >= 11 is 0.